The number of rotatable bonds is 3. The molecule has 3 rings (SSSR count). The van der Waals surface area contributed by atoms with Gasteiger partial charge in [-0.15, -0.1) is 0 Å². The molecule has 24 heavy (non-hydrogen) atoms. The van der Waals surface area contributed by atoms with Crippen molar-refractivity contribution in [1.82, 2.24) is 0 Å². The average Bonchev–Trinajstić information content (AvgIpc) is 2.84. The van der Waals surface area contributed by atoms with E-state index >= 15 is 0 Å². The van der Waals surface area contributed by atoms with Crippen molar-refractivity contribution in [2.45, 2.75) is 27.4 Å². The summed E-state index contributed by atoms with van der Waals surface area (Å²) in [5, 5.41) is 0. The van der Waals surface area contributed by atoms with E-state index < -0.39 is 11.6 Å². The smallest absolute Gasteiger partial charge is 0.232 e. The molecule has 1 aliphatic heterocycles. The van der Waals surface area contributed by atoms with E-state index in [4.69, 9.17) is 9.47 Å². The van der Waals surface area contributed by atoms with Crippen molar-refractivity contribution in [2.75, 3.05) is 0 Å². The Balaban J connectivity index is 1.88. The molecule has 1 aliphatic rings. The van der Waals surface area contributed by atoms with Crippen molar-refractivity contribution in [3.8, 4) is 11.5 Å². The second-order valence-electron chi connectivity index (χ2n) is 5.86. The van der Waals surface area contributed by atoms with Crippen molar-refractivity contribution in [2.24, 2.45) is 0 Å². The molecule has 0 atom stereocenters. The molecule has 3 nitrogen and oxygen atoms in total. The predicted octanol–water partition coefficient (Wildman–Crippen LogP) is 4.72. The number of carbonyl (C=O) groups excluding carboxylic acids is 1. The summed E-state index contributed by atoms with van der Waals surface area (Å²) in [6, 6.07) is 6.88. The fraction of sp³-hybridized carbons (Fsp3) is 0.211. The summed E-state index contributed by atoms with van der Waals surface area (Å²) in [7, 11) is 0. The molecular formula is C19H16F2O3. The Morgan fingerprint density at radius 1 is 1.17 bits per heavy atom. The van der Waals surface area contributed by atoms with Crippen molar-refractivity contribution < 1.29 is 23.0 Å². The molecular weight excluding hydrogens is 314 g/mol. The number of halogens is 2. The normalized spacial score (nSPS) is 12.9. The second kappa shape index (κ2) is 6.07. The maximum Gasteiger partial charge on any atom is 0.232 e. The molecule has 0 fully saturated rings. The van der Waals surface area contributed by atoms with Crippen LogP contribution in [0.5, 0.6) is 11.5 Å². The van der Waals surface area contributed by atoms with E-state index in [1.54, 1.807) is 32.9 Å². The van der Waals surface area contributed by atoms with Gasteiger partial charge in [-0.25, -0.2) is 8.78 Å². The van der Waals surface area contributed by atoms with Gasteiger partial charge < -0.3 is 9.47 Å². The zero-order chi connectivity index (χ0) is 17.4. The summed E-state index contributed by atoms with van der Waals surface area (Å²) in [5.41, 5.74) is 1.83. The third-order valence-electron chi connectivity index (χ3n) is 3.82. The van der Waals surface area contributed by atoms with Crippen LogP contribution >= 0.6 is 0 Å². The van der Waals surface area contributed by atoms with E-state index in [-0.39, 0.29) is 18.0 Å². The molecule has 2 aromatic rings. The maximum atomic E-state index is 13.6. The molecule has 0 radical (unpaired) electrons. The Bertz CT molecular complexity index is 845. The molecule has 0 amide bonds. The third kappa shape index (κ3) is 2.77. The number of ether oxygens (including phenoxy) is 2. The molecule has 0 spiro atoms. The number of aryl methyl sites for hydroxylation is 1. The number of fused-ring (bicyclic) bond motifs is 1. The van der Waals surface area contributed by atoms with Gasteiger partial charge in [-0.3, -0.25) is 4.79 Å². The van der Waals surface area contributed by atoms with Crippen molar-refractivity contribution in [3.63, 3.8) is 0 Å². The largest absolute Gasteiger partial charge is 0.489 e. The minimum atomic E-state index is -0.661. The molecule has 0 bridgehead atoms. The lowest BCUT2D eigenvalue weighted by molar-refractivity contribution is 0.101. The lowest BCUT2D eigenvalue weighted by atomic mass is 10.0. The number of ketones is 1. The van der Waals surface area contributed by atoms with Gasteiger partial charge in [0, 0.05) is 6.07 Å². The molecule has 5 heteroatoms. The highest BCUT2D eigenvalue weighted by Gasteiger charge is 2.30. The zero-order valence-corrected chi connectivity index (χ0v) is 13.6. The molecule has 0 aromatic heterocycles. The predicted molar refractivity (Wildman–Crippen MR) is 85.2 cm³/mol. The maximum absolute atomic E-state index is 13.6. The highest BCUT2D eigenvalue weighted by Crippen LogP contribution is 2.38. The van der Waals surface area contributed by atoms with Gasteiger partial charge in [-0.1, -0.05) is 6.07 Å². The van der Waals surface area contributed by atoms with Gasteiger partial charge in [-0.2, -0.15) is 0 Å². The number of Topliss-reactive ketones (excluding diaryl/α,β-unsaturated/α-hetero) is 1. The molecule has 0 saturated heterocycles. The fourth-order valence-electron chi connectivity index (χ4n) is 2.60. The number of hydrogen-bond acceptors (Lipinski definition) is 3. The molecule has 124 valence electrons. The number of carbonyl (C=O) groups is 1. The highest BCUT2D eigenvalue weighted by molar-refractivity contribution is 6.13. The number of benzene rings is 2. The van der Waals surface area contributed by atoms with Crippen LogP contribution in [0.15, 0.2) is 41.7 Å². The Hall–Kier alpha value is -2.69. The van der Waals surface area contributed by atoms with Gasteiger partial charge >= 0.3 is 0 Å². The third-order valence-corrected chi connectivity index (χ3v) is 3.82. The number of hydrogen-bond donors (Lipinski definition) is 0. The van der Waals surface area contributed by atoms with Crippen LogP contribution in [-0.2, 0) is 6.61 Å². The lowest BCUT2D eigenvalue weighted by Gasteiger charge is -2.10. The van der Waals surface area contributed by atoms with Crippen LogP contribution in [0.3, 0.4) is 0 Å². The standard InChI is InChI=1S/C19H16F2O3/c1-10(2)19-18(22)17-11(3)7-12(8-16(17)24-19)23-9-13-14(20)5-4-6-15(13)21/h4-8H,9H2,1-3H3. The van der Waals surface area contributed by atoms with E-state index in [0.717, 1.165) is 5.57 Å². The minimum Gasteiger partial charge on any atom is -0.489 e. The van der Waals surface area contributed by atoms with Gasteiger partial charge in [0.05, 0.1) is 11.1 Å². The molecule has 0 N–H and O–H groups in total. The Labute approximate surface area is 138 Å². The summed E-state index contributed by atoms with van der Waals surface area (Å²) in [6.45, 7) is 5.12. The molecule has 1 heterocycles. The monoisotopic (exact) mass is 330 g/mol. The van der Waals surface area contributed by atoms with Gasteiger partial charge in [-0.05, 0) is 50.1 Å². The van der Waals surface area contributed by atoms with E-state index in [1.807, 2.05) is 0 Å². The molecule has 0 unspecified atom stereocenters. The van der Waals surface area contributed by atoms with Crippen LogP contribution in [0, 0.1) is 18.6 Å². The van der Waals surface area contributed by atoms with Crippen LogP contribution in [-0.4, -0.2) is 5.78 Å². The van der Waals surface area contributed by atoms with Crippen LogP contribution in [0.2, 0.25) is 0 Å². The van der Waals surface area contributed by atoms with Crippen LogP contribution in [0.4, 0.5) is 8.78 Å². The van der Waals surface area contributed by atoms with E-state index in [1.165, 1.54) is 18.2 Å². The molecule has 0 saturated carbocycles. The first-order valence-corrected chi connectivity index (χ1v) is 7.49. The Kier molecular flexibility index (Phi) is 4.09. The Morgan fingerprint density at radius 2 is 1.83 bits per heavy atom. The Morgan fingerprint density at radius 3 is 2.46 bits per heavy atom. The van der Waals surface area contributed by atoms with Crippen molar-refractivity contribution in [3.05, 3.63) is 70.0 Å². The second-order valence-corrected chi connectivity index (χ2v) is 5.86. The lowest BCUT2D eigenvalue weighted by Crippen LogP contribution is -2.03. The minimum absolute atomic E-state index is 0.141. The summed E-state index contributed by atoms with van der Waals surface area (Å²) < 4.78 is 38.4. The zero-order valence-electron chi connectivity index (χ0n) is 13.6. The van der Waals surface area contributed by atoms with Crippen molar-refractivity contribution in [1.29, 1.82) is 0 Å². The van der Waals surface area contributed by atoms with Gasteiger partial charge in [0.1, 0.15) is 29.7 Å². The van der Waals surface area contributed by atoms with E-state index in [2.05, 4.69) is 0 Å². The average molecular weight is 330 g/mol. The van der Waals surface area contributed by atoms with Crippen LogP contribution in [0.25, 0.3) is 0 Å². The topological polar surface area (TPSA) is 35.5 Å². The fourth-order valence-corrected chi connectivity index (χ4v) is 2.60. The number of allylic oxidation sites excluding steroid dienone is 2. The summed E-state index contributed by atoms with van der Waals surface area (Å²) >= 11 is 0. The first-order chi connectivity index (χ1) is 11.4. The van der Waals surface area contributed by atoms with Gasteiger partial charge in [0.15, 0.2) is 5.76 Å². The van der Waals surface area contributed by atoms with Crippen LogP contribution in [0.1, 0.15) is 35.3 Å². The first kappa shape index (κ1) is 16.2. The van der Waals surface area contributed by atoms with Gasteiger partial charge in [0.25, 0.3) is 0 Å². The summed E-state index contributed by atoms with van der Waals surface area (Å²) in [5.74, 6) is -0.381. The molecule has 0 aliphatic carbocycles. The quantitative estimate of drug-likeness (QED) is 0.764. The van der Waals surface area contributed by atoms with Gasteiger partial charge in [0.2, 0.25) is 5.78 Å². The highest BCUT2D eigenvalue weighted by atomic mass is 19.1. The SMILES string of the molecule is CC(C)=C1Oc2cc(OCc3c(F)cccc3F)cc(C)c2C1=O. The first-order valence-electron chi connectivity index (χ1n) is 7.49. The van der Waals surface area contributed by atoms with Crippen LogP contribution < -0.4 is 9.47 Å². The van der Waals surface area contributed by atoms with E-state index in [9.17, 15) is 13.6 Å². The summed E-state index contributed by atoms with van der Waals surface area (Å²) in [6.07, 6.45) is 0. The van der Waals surface area contributed by atoms with Crippen molar-refractivity contribution >= 4 is 5.78 Å². The summed E-state index contributed by atoms with van der Waals surface area (Å²) in [4.78, 5) is 12.3. The van der Waals surface area contributed by atoms with E-state index in [0.29, 0.717) is 28.4 Å². The molecule has 2 aromatic carbocycles.